The van der Waals surface area contributed by atoms with Gasteiger partial charge in [-0.2, -0.15) is 5.26 Å². The quantitative estimate of drug-likeness (QED) is 0.701. The summed E-state index contributed by atoms with van der Waals surface area (Å²) in [5.41, 5.74) is 1.44. The molecule has 4 heteroatoms. The Morgan fingerprint density at radius 2 is 2.04 bits per heavy atom. The molecule has 1 heterocycles. The molecule has 1 N–H and O–H groups in total. The van der Waals surface area contributed by atoms with Crippen LogP contribution >= 0.6 is 0 Å². The van der Waals surface area contributed by atoms with Gasteiger partial charge in [0.05, 0.1) is 12.7 Å². The molecule has 0 saturated carbocycles. The van der Waals surface area contributed by atoms with Crippen molar-refractivity contribution in [1.29, 1.82) is 5.26 Å². The van der Waals surface area contributed by atoms with E-state index in [2.05, 4.69) is 42.3 Å². The Morgan fingerprint density at radius 3 is 2.79 bits per heavy atom. The molecule has 0 amide bonds. The van der Waals surface area contributed by atoms with E-state index in [1.54, 1.807) is 0 Å². The molecule has 2 rings (SSSR count). The van der Waals surface area contributed by atoms with E-state index in [9.17, 15) is 0 Å². The van der Waals surface area contributed by atoms with E-state index < -0.39 is 0 Å². The highest BCUT2D eigenvalue weighted by Crippen LogP contribution is 2.20. The van der Waals surface area contributed by atoms with Gasteiger partial charge in [0.25, 0.3) is 0 Å². The second-order valence-electron chi connectivity index (χ2n) is 7.22. The molecule has 1 aliphatic rings. The molecular weight excluding hydrogens is 298 g/mol. The number of likely N-dealkylation sites (tertiary alicyclic amines) is 1. The van der Waals surface area contributed by atoms with Crippen molar-refractivity contribution in [3.05, 3.63) is 29.8 Å². The van der Waals surface area contributed by atoms with E-state index in [1.807, 2.05) is 12.1 Å². The summed E-state index contributed by atoms with van der Waals surface area (Å²) in [5.74, 6) is 0.891. The zero-order chi connectivity index (χ0) is 17.3. The second-order valence-corrected chi connectivity index (χ2v) is 7.22. The number of ether oxygens (including phenoxy) is 1. The molecule has 0 aliphatic carbocycles. The maximum absolute atomic E-state index is 8.55. The predicted octanol–water partition coefficient (Wildman–Crippen LogP) is 3.72. The summed E-state index contributed by atoms with van der Waals surface area (Å²) in [7, 11) is 0. The first-order valence-corrected chi connectivity index (χ1v) is 9.16. The summed E-state index contributed by atoms with van der Waals surface area (Å²) in [6.45, 7) is 9.56. The molecule has 1 saturated heterocycles. The lowest BCUT2D eigenvalue weighted by molar-refractivity contribution is 0.0942. The summed E-state index contributed by atoms with van der Waals surface area (Å²) in [6.07, 6.45) is 5.36. The number of rotatable bonds is 9. The van der Waals surface area contributed by atoms with E-state index in [0.717, 1.165) is 25.3 Å². The van der Waals surface area contributed by atoms with Crippen LogP contribution in [-0.4, -0.2) is 36.7 Å². The molecule has 1 aromatic carbocycles. The highest BCUT2D eigenvalue weighted by Gasteiger charge is 2.27. The lowest BCUT2D eigenvalue weighted by Crippen LogP contribution is -2.52. The number of nitrogens with one attached hydrogen (secondary N) is 1. The molecule has 24 heavy (non-hydrogen) atoms. The van der Waals surface area contributed by atoms with Gasteiger partial charge in [-0.1, -0.05) is 18.6 Å². The van der Waals surface area contributed by atoms with Crippen molar-refractivity contribution in [2.24, 2.45) is 0 Å². The summed E-state index contributed by atoms with van der Waals surface area (Å²) >= 11 is 0. The molecule has 1 aliphatic heterocycles. The maximum atomic E-state index is 8.55. The summed E-state index contributed by atoms with van der Waals surface area (Å²) in [6, 6.07) is 10.4. The van der Waals surface area contributed by atoms with Crippen LogP contribution in [0, 0.1) is 11.3 Å². The zero-order valence-corrected chi connectivity index (χ0v) is 15.2. The number of nitriles is 1. The molecule has 0 spiro atoms. The average molecular weight is 329 g/mol. The smallest absolute Gasteiger partial charge is 0.119 e. The number of benzene rings is 1. The van der Waals surface area contributed by atoms with Crippen molar-refractivity contribution in [3.8, 4) is 11.8 Å². The molecule has 0 bridgehead atoms. The SMILES string of the molecule is CC(C)(CNCc1cccc(OCCCC#N)c1)N1CCCCC1. The minimum absolute atomic E-state index is 0.200. The average Bonchev–Trinajstić information content (AvgIpc) is 2.60. The number of hydrogen-bond acceptors (Lipinski definition) is 4. The topological polar surface area (TPSA) is 48.3 Å². The van der Waals surface area contributed by atoms with Crippen molar-refractivity contribution < 1.29 is 4.74 Å². The number of piperidine rings is 1. The Kier molecular flexibility index (Phi) is 7.55. The van der Waals surface area contributed by atoms with Crippen LogP contribution in [0.25, 0.3) is 0 Å². The third-order valence-electron chi connectivity index (χ3n) is 4.70. The van der Waals surface area contributed by atoms with Gasteiger partial charge in [-0.3, -0.25) is 4.90 Å². The summed E-state index contributed by atoms with van der Waals surface area (Å²) in [5, 5.41) is 12.1. The Morgan fingerprint density at radius 1 is 1.25 bits per heavy atom. The lowest BCUT2D eigenvalue weighted by Gasteiger charge is -2.41. The molecule has 1 fully saturated rings. The van der Waals surface area contributed by atoms with Gasteiger partial charge in [0, 0.05) is 25.0 Å². The van der Waals surface area contributed by atoms with Crippen LogP contribution in [-0.2, 0) is 6.54 Å². The Labute approximate surface area is 146 Å². The van der Waals surface area contributed by atoms with Gasteiger partial charge in [-0.15, -0.1) is 0 Å². The van der Waals surface area contributed by atoms with Gasteiger partial charge in [-0.05, 0) is 63.9 Å². The highest BCUT2D eigenvalue weighted by molar-refractivity contribution is 5.28. The van der Waals surface area contributed by atoms with Crippen molar-refractivity contribution in [3.63, 3.8) is 0 Å². The lowest BCUT2D eigenvalue weighted by atomic mass is 9.98. The molecule has 1 aromatic rings. The molecule has 0 unspecified atom stereocenters. The van der Waals surface area contributed by atoms with Crippen molar-refractivity contribution >= 4 is 0 Å². The summed E-state index contributed by atoms with van der Waals surface area (Å²) < 4.78 is 5.70. The Hall–Kier alpha value is -1.57. The van der Waals surface area contributed by atoms with Crippen LogP contribution in [0.1, 0.15) is 51.5 Å². The van der Waals surface area contributed by atoms with Crippen LogP contribution in [0.3, 0.4) is 0 Å². The first kappa shape index (κ1) is 18.8. The van der Waals surface area contributed by atoms with Crippen LogP contribution in [0.15, 0.2) is 24.3 Å². The first-order chi connectivity index (χ1) is 11.6. The fourth-order valence-electron chi connectivity index (χ4n) is 3.21. The van der Waals surface area contributed by atoms with Crippen LogP contribution in [0.5, 0.6) is 5.75 Å². The molecule has 0 aromatic heterocycles. The number of nitrogens with zero attached hydrogens (tertiary/aromatic N) is 2. The molecular formula is C20H31N3O. The van der Waals surface area contributed by atoms with Gasteiger partial charge in [0.2, 0.25) is 0 Å². The predicted molar refractivity (Wildman–Crippen MR) is 98.0 cm³/mol. The molecule has 0 radical (unpaired) electrons. The monoisotopic (exact) mass is 329 g/mol. The largest absolute Gasteiger partial charge is 0.494 e. The standard InChI is InChI=1S/C20H31N3O/c1-20(2,23-12-5-3-6-13-23)17-22-16-18-9-8-10-19(15-18)24-14-7-4-11-21/h8-10,15,22H,3-7,12-14,16-17H2,1-2H3. The van der Waals surface area contributed by atoms with E-state index in [1.165, 1.54) is 37.9 Å². The fourth-order valence-corrected chi connectivity index (χ4v) is 3.21. The van der Waals surface area contributed by atoms with Gasteiger partial charge in [0.1, 0.15) is 5.75 Å². The maximum Gasteiger partial charge on any atom is 0.119 e. The van der Waals surface area contributed by atoms with E-state index >= 15 is 0 Å². The normalized spacial score (nSPS) is 15.9. The van der Waals surface area contributed by atoms with Crippen molar-refractivity contribution in [1.82, 2.24) is 10.2 Å². The Bertz CT molecular complexity index is 530. The molecule has 0 atom stereocenters. The minimum atomic E-state index is 0.200. The van der Waals surface area contributed by atoms with Gasteiger partial charge >= 0.3 is 0 Å². The van der Waals surface area contributed by atoms with E-state index in [4.69, 9.17) is 10.00 Å². The van der Waals surface area contributed by atoms with Crippen molar-refractivity contribution in [2.45, 2.75) is 58.0 Å². The third-order valence-corrected chi connectivity index (χ3v) is 4.70. The van der Waals surface area contributed by atoms with E-state index in [0.29, 0.717) is 13.0 Å². The number of hydrogen-bond donors (Lipinski definition) is 1. The fraction of sp³-hybridized carbons (Fsp3) is 0.650. The van der Waals surface area contributed by atoms with Crippen molar-refractivity contribution in [2.75, 3.05) is 26.2 Å². The Balaban J connectivity index is 1.76. The van der Waals surface area contributed by atoms with Crippen LogP contribution in [0.4, 0.5) is 0 Å². The molecule has 132 valence electrons. The van der Waals surface area contributed by atoms with E-state index in [-0.39, 0.29) is 5.54 Å². The second kappa shape index (κ2) is 9.66. The van der Waals surface area contributed by atoms with Crippen LogP contribution < -0.4 is 10.1 Å². The summed E-state index contributed by atoms with van der Waals surface area (Å²) in [4.78, 5) is 2.61. The van der Waals surface area contributed by atoms with Gasteiger partial charge < -0.3 is 10.1 Å². The number of unbranched alkanes of at least 4 members (excludes halogenated alkanes) is 1. The highest BCUT2D eigenvalue weighted by atomic mass is 16.5. The van der Waals surface area contributed by atoms with Crippen LogP contribution in [0.2, 0.25) is 0 Å². The first-order valence-electron chi connectivity index (χ1n) is 9.16. The minimum Gasteiger partial charge on any atom is -0.494 e. The zero-order valence-electron chi connectivity index (χ0n) is 15.2. The third kappa shape index (κ3) is 6.14. The molecule has 4 nitrogen and oxygen atoms in total. The van der Waals surface area contributed by atoms with Gasteiger partial charge in [0.15, 0.2) is 0 Å². The van der Waals surface area contributed by atoms with Gasteiger partial charge in [-0.25, -0.2) is 0 Å².